The van der Waals surface area contributed by atoms with Crippen molar-refractivity contribution in [2.45, 2.75) is 31.8 Å². The van der Waals surface area contributed by atoms with Gasteiger partial charge in [0.25, 0.3) is 0 Å². The second kappa shape index (κ2) is 2.24. The van der Waals surface area contributed by atoms with Gasteiger partial charge in [-0.3, -0.25) is 5.32 Å². The smallest absolute Gasteiger partial charge is 0.0830 e. The lowest BCUT2D eigenvalue weighted by Gasteiger charge is -2.05. The van der Waals surface area contributed by atoms with Gasteiger partial charge in [0, 0.05) is 6.04 Å². The minimum absolute atomic E-state index is 0.222. The van der Waals surface area contributed by atoms with Gasteiger partial charge in [0.05, 0.1) is 5.50 Å². The Balaban J connectivity index is 2.39. The van der Waals surface area contributed by atoms with Crippen molar-refractivity contribution in [2.24, 2.45) is 5.92 Å². The summed E-state index contributed by atoms with van der Waals surface area (Å²) in [7, 11) is 0. The number of rotatable bonds is 0. The van der Waals surface area contributed by atoms with Crippen LogP contribution in [-0.2, 0) is 0 Å². The Kier molecular flexibility index (Phi) is 1.78. The first-order valence-corrected chi connectivity index (χ1v) is 3.54. The Bertz CT molecular complexity index is 74.6. The van der Waals surface area contributed by atoms with Gasteiger partial charge in [-0.15, -0.1) is 11.6 Å². The normalized spacial score (nSPS) is 47.6. The van der Waals surface area contributed by atoms with Crippen LogP contribution < -0.4 is 5.32 Å². The van der Waals surface area contributed by atoms with E-state index < -0.39 is 0 Å². The van der Waals surface area contributed by atoms with Gasteiger partial charge >= 0.3 is 0 Å². The predicted octanol–water partition coefficient (Wildman–Crippen LogP) is 1.57. The van der Waals surface area contributed by atoms with E-state index in [0.717, 1.165) is 12.3 Å². The highest BCUT2D eigenvalue weighted by atomic mass is 35.5. The Morgan fingerprint density at radius 2 is 2.12 bits per heavy atom. The maximum Gasteiger partial charge on any atom is 0.0830 e. The van der Waals surface area contributed by atoms with Gasteiger partial charge in [0.2, 0.25) is 0 Å². The SMILES string of the molecule is CC1CC(Cl)NC1C. The zero-order valence-electron chi connectivity index (χ0n) is 5.32. The average Bonchev–Trinajstić information content (AvgIpc) is 1.85. The molecule has 1 nitrogen and oxygen atoms in total. The molecule has 1 fully saturated rings. The first-order chi connectivity index (χ1) is 3.70. The van der Waals surface area contributed by atoms with Crippen molar-refractivity contribution in [2.75, 3.05) is 0 Å². The zero-order valence-corrected chi connectivity index (χ0v) is 6.07. The summed E-state index contributed by atoms with van der Waals surface area (Å²) in [6, 6.07) is 0.609. The molecule has 0 aromatic carbocycles. The molecule has 0 saturated carbocycles. The van der Waals surface area contributed by atoms with E-state index in [1.165, 1.54) is 0 Å². The predicted molar refractivity (Wildman–Crippen MR) is 36.0 cm³/mol. The summed E-state index contributed by atoms with van der Waals surface area (Å²) in [5.74, 6) is 0.748. The average molecular weight is 134 g/mol. The Hall–Kier alpha value is 0.250. The molecule has 1 saturated heterocycles. The van der Waals surface area contributed by atoms with E-state index in [1.807, 2.05) is 0 Å². The molecule has 2 heteroatoms. The van der Waals surface area contributed by atoms with Crippen LogP contribution in [-0.4, -0.2) is 11.5 Å². The molecule has 3 atom stereocenters. The second-order valence-electron chi connectivity index (χ2n) is 2.64. The third-order valence-corrected chi connectivity index (χ3v) is 2.18. The monoisotopic (exact) mass is 133 g/mol. The molecule has 0 spiro atoms. The van der Waals surface area contributed by atoms with Crippen LogP contribution >= 0.6 is 11.6 Å². The Morgan fingerprint density at radius 3 is 2.25 bits per heavy atom. The standard InChI is InChI=1S/C6H12ClN/c1-4-3-6(7)8-5(4)2/h4-6,8H,3H2,1-2H3. The van der Waals surface area contributed by atoms with Crippen molar-refractivity contribution in [3.05, 3.63) is 0 Å². The third-order valence-electron chi connectivity index (χ3n) is 1.88. The van der Waals surface area contributed by atoms with E-state index in [-0.39, 0.29) is 5.50 Å². The molecule has 8 heavy (non-hydrogen) atoms. The molecule has 1 aliphatic heterocycles. The molecular weight excluding hydrogens is 122 g/mol. The van der Waals surface area contributed by atoms with E-state index in [4.69, 9.17) is 11.6 Å². The molecule has 3 unspecified atom stereocenters. The summed E-state index contributed by atoms with van der Waals surface area (Å²) in [5, 5.41) is 3.23. The van der Waals surface area contributed by atoms with E-state index in [9.17, 15) is 0 Å². The first-order valence-electron chi connectivity index (χ1n) is 3.10. The van der Waals surface area contributed by atoms with E-state index in [1.54, 1.807) is 0 Å². The minimum atomic E-state index is 0.222. The highest BCUT2D eigenvalue weighted by Crippen LogP contribution is 2.20. The minimum Gasteiger partial charge on any atom is -0.299 e. The molecule has 1 aliphatic rings. The number of hydrogen-bond donors (Lipinski definition) is 1. The summed E-state index contributed by atoms with van der Waals surface area (Å²) in [5.41, 5.74) is 0.222. The van der Waals surface area contributed by atoms with Gasteiger partial charge in [0.15, 0.2) is 0 Å². The van der Waals surface area contributed by atoms with Gasteiger partial charge in [-0.25, -0.2) is 0 Å². The first kappa shape index (κ1) is 6.37. The van der Waals surface area contributed by atoms with E-state index in [2.05, 4.69) is 19.2 Å². The van der Waals surface area contributed by atoms with Crippen LogP contribution in [0.4, 0.5) is 0 Å². The highest BCUT2D eigenvalue weighted by molar-refractivity contribution is 6.20. The number of alkyl halides is 1. The molecule has 0 bridgehead atoms. The fourth-order valence-electron chi connectivity index (χ4n) is 1.05. The Labute approximate surface area is 55.4 Å². The fraction of sp³-hybridized carbons (Fsp3) is 1.00. The maximum absolute atomic E-state index is 5.79. The number of hydrogen-bond acceptors (Lipinski definition) is 1. The molecule has 0 aliphatic carbocycles. The van der Waals surface area contributed by atoms with Gasteiger partial charge in [-0.05, 0) is 19.3 Å². The van der Waals surface area contributed by atoms with Crippen LogP contribution in [0, 0.1) is 5.92 Å². The summed E-state index contributed by atoms with van der Waals surface area (Å²) in [6.45, 7) is 4.40. The summed E-state index contributed by atoms with van der Waals surface area (Å²) < 4.78 is 0. The topological polar surface area (TPSA) is 12.0 Å². The number of nitrogens with one attached hydrogen (secondary N) is 1. The highest BCUT2D eigenvalue weighted by Gasteiger charge is 2.24. The zero-order chi connectivity index (χ0) is 6.15. The maximum atomic E-state index is 5.79. The lowest BCUT2D eigenvalue weighted by molar-refractivity contribution is 0.519. The molecule has 48 valence electrons. The van der Waals surface area contributed by atoms with Crippen LogP contribution in [0.1, 0.15) is 20.3 Å². The van der Waals surface area contributed by atoms with Crippen molar-refractivity contribution in [3.8, 4) is 0 Å². The van der Waals surface area contributed by atoms with Crippen LogP contribution in [0.2, 0.25) is 0 Å². The van der Waals surface area contributed by atoms with Gasteiger partial charge < -0.3 is 0 Å². The van der Waals surface area contributed by atoms with Crippen LogP contribution in [0.3, 0.4) is 0 Å². The molecular formula is C6H12ClN. The third kappa shape index (κ3) is 1.15. The van der Waals surface area contributed by atoms with Crippen molar-refractivity contribution in [3.63, 3.8) is 0 Å². The molecule has 1 N–H and O–H groups in total. The van der Waals surface area contributed by atoms with E-state index >= 15 is 0 Å². The van der Waals surface area contributed by atoms with Crippen LogP contribution in [0.15, 0.2) is 0 Å². The van der Waals surface area contributed by atoms with Crippen molar-refractivity contribution in [1.82, 2.24) is 5.32 Å². The van der Waals surface area contributed by atoms with Crippen LogP contribution in [0.5, 0.6) is 0 Å². The lowest BCUT2D eigenvalue weighted by atomic mass is 10.1. The van der Waals surface area contributed by atoms with E-state index in [0.29, 0.717) is 6.04 Å². The van der Waals surface area contributed by atoms with Crippen molar-refractivity contribution < 1.29 is 0 Å². The summed E-state index contributed by atoms with van der Waals surface area (Å²) >= 11 is 5.79. The molecule has 0 radical (unpaired) electrons. The molecule has 1 rings (SSSR count). The number of halogens is 1. The quantitative estimate of drug-likeness (QED) is 0.391. The summed E-state index contributed by atoms with van der Waals surface area (Å²) in [4.78, 5) is 0. The van der Waals surface area contributed by atoms with Crippen molar-refractivity contribution in [1.29, 1.82) is 0 Å². The molecule has 0 aromatic heterocycles. The van der Waals surface area contributed by atoms with Gasteiger partial charge in [-0.2, -0.15) is 0 Å². The summed E-state index contributed by atoms with van der Waals surface area (Å²) in [6.07, 6.45) is 1.11. The van der Waals surface area contributed by atoms with Crippen LogP contribution in [0.25, 0.3) is 0 Å². The van der Waals surface area contributed by atoms with Crippen molar-refractivity contribution >= 4 is 11.6 Å². The van der Waals surface area contributed by atoms with Gasteiger partial charge in [-0.1, -0.05) is 6.92 Å². The molecule has 0 aromatic rings. The lowest BCUT2D eigenvalue weighted by Crippen LogP contribution is -2.24. The molecule has 1 heterocycles. The second-order valence-corrected chi connectivity index (χ2v) is 3.16. The van der Waals surface area contributed by atoms with Gasteiger partial charge in [0.1, 0.15) is 0 Å². The Morgan fingerprint density at radius 1 is 1.50 bits per heavy atom. The fourth-order valence-corrected chi connectivity index (χ4v) is 1.53. The largest absolute Gasteiger partial charge is 0.299 e. The molecule has 0 amide bonds.